The number of ether oxygens (including phenoxy) is 4. The molecule has 0 aromatic rings. The third-order valence-corrected chi connectivity index (χ3v) is 20.4. The molecule has 0 aliphatic heterocycles. The maximum atomic E-state index is 13.1. The molecule has 0 aliphatic carbocycles. The largest absolute Gasteiger partial charge is 0.472 e. The lowest BCUT2D eigenvalue weighted by molar-refractivity contribution is -0.161. The highest BCUT2D eigenvalue weighted by molar-refractivity contribution is 7.47. The van der Waals surface area contributed by atoms with Crippen molar-refractivity contribution in [1.29, 1.82) is 0 Å². The fourth-order valence-corrected chi connectivity index (χ4v) is 13.7. The van der Waals surface area contributed by atoms with Gasteiger partial charge in [-0.05, 0) is 51.4 Å². The topological polar surface area (TPSA) is 237 Å². The number of rotatable bonds is 80. The van der Waals surface area contributed by atoms with Gasteiger partial charge in [0.2, 0.25) is 0 Å². The van der Waals surface area contributed by atoms with Crippen LogP contribution in [-0.2, 0) is 65.4 Å². The van der Waals surface area contributed by atoms with Crippen LogP contribution in [0.25, 0.3) is 0 Å². The first kappa shape index (κ1) is 97.5. The van der Waals surface area contributed by atoms with Gasteiger partial charge >= 0.3 is 39.5 Å². The second-order valence-electron chi connectivity index (χ2n) is 28.5. The van der Waals surface area contributed by atoms with Crippen LogP contribution in [-0.4, -0.2) is 96.7 Å². The Balaban J connectivity index is 5.25. The van der Waals surface area contributed by atoms with Crippen LogP contribution in [0.15, 0.2) is 24.3 Å². The molecule has 0 amide bonds. The molecule has 0 bridgehead atoms. The van der Waals surface area contributed by atoms with Gasteiger partial charge in [0.1, 0.15) is 19.3 Å². The van der Waals surface area contributed by atoms with Crippen LogP contribution in [0.2, 0.25) is 0 Å². The van der Waals surface area contributed by atoms with Gasteiger partial charge in [-0.1, -0.05) is 360 Å². The van der Waals surface area contributed by atoms with Crippen LogP contribution in [0, 0.1) is 0 Å². The number of carbonyl (C=O) groups is 4. The van der Waals surface area contributed by atoms with Gasteiger partial charge in [-0.15, -0.1) is 0 Å². The Bertz CT molecular complexity index is 1990. The molecule has 0 aromatic heterocycles. The molecule has 0 saturated heterocycles. The van der Waals surface area contributed by atoms with Crippen LogP contribution < -0.4 is 0 Å². The minimum Gasteiger partial charge on any atom is -0.462 e. The number of hydrogen-bond donors (Lipinski definition) is 3. The number of hydrogen-bond acceptors (Lipinski definition) is 15. The van der Waals surface area contributed by atoms with Crippen LogP contribution >= 0.6 is 15.6 Å². The summed E-state index contributed by atoms with van der Waals surface area (Å²) in [6.45, 7) is 4.95. The molecule has 0 rings (SSSR count). The number of phosphoric ester groups is 2. The Morgan fingerprint density at radius 2 is 0.480 bits per heavy atom. The van der Waals surface area contributed by atoms with E-state index in [1.54, 1.807) is 0 Å². The van der Waals surface area contributed by atoms with Crippen LogP contribution in [0.4, 0.5) is 0 Å². The van der Waals surface area contributed by atoms with Gasteiger partial charge in [0.25, 0.3) is 0 Å². The van der Waals surface area contributed by atoms with E-state index in [-0.39, 0.29) is 25.7 Å². The summed E-state index contributed by atoms with van der Waals surface area (Å²) in [5.41, 5.74) is 0. The molecule has 17 nitrogen and oxygen atoms in total. The molecule has 2 unspecified atom stereocenters. The van der Waals surface area contributed by atoms with E-state index in [4.69, 9.17) is 37.0 Å². The average molecular weight is 1460 g/mol. The highest BCUT2D eigenvalue weighted by Gasteiger charge is 2.30. The highest BCUT2D eigenvalue weighted by atomic mass is 31.2. The summed E-state index contributed by atoms with van der Waals surface area (Å²) in [6.07, 6.45) is 70.1. The molecule has 5 atom stereocenters. The number of allylic oxidation sites excluding steroid dienone is 4. The Morgan fingerprint density at radius 1 is 0.280 bits per heavy atom. The number of aliphatic hydroxyl groups is 1. The lowest BCUT2D eigenvalue weighted by Crippen LogP contribution is -2.30. The third-order valence-electron chi connectivity index (χ3n) is 18.5. The molecule has 19 heteroatoms. The van der Waals surface area contributed by atoms with Crippen molar-refractivity contribution < 1.29 is 80.2 Å². The lowest BCUT2D eigenvalue weighted by atomic mass is 10.0. The van der Waals surface area contributed by atoms with E-state index >= 15 is 0 Å². The summed E-state index contributed by atoms with van der Waals surface area (Å²) in [4.78, 5) is 73.0. The Hall–Kier alpha value is -2.46. The summed E-state index contributed by atoms with van der Waals surface area (Å²) in [5.74, 6) is -2.14. The maximum absolute atomic E-state index is 13.1. The lowest BCUT2D eigenvalue weighted by Gasteiger charge is -2.21. The zero-order chi connectivity index (χ0) is 73.2. The van der Waals surface area contributed by atoms with E-state index in [9.17, 15) is 43.2 Å². The zero-order valence-corrected chi connectivity index (χ0v) is 66.5. The van der Waals surface area contributed by atoms with Crippen LogP contribution in [0.5, 0.6) is 0 Å². The zero-order valence-electron chi connectivity index (χ0n) is 64.7. The van der Waals surface area contributed by atoms with Crippen molar-refractivity contribution in [2.75, 3.05) is 39.6 Å². The van der Waals surface area contributed by atoms with Gasteiger partial charge in [-0.3, -0.25) is 37.3 Å². The molecule has 0 fully saturated rings. The Labute approximate surface area is 612 Å². The second-order valence-corrected chi connectivity index (χ2v) is 31.4. The molecule has 0 aliphatic rings. The van der Waals surface area contributed by atoms with Gasteiger partial charge in [0.05, 0.1) is 26.4 Å². The number of phosphoric acid groups is 2. The predicted octanol–water partition coefficient (Wildman–Crippen LogP) is 24.1. The summed E-state index contributed by atoms with van der Waals surface area (Å²) in [7, 11) is -9.93. The number of unbranched alkanes of at least 4 members (excludes halogenated alkanes) is 51. The third kappa shape index (κ3) is 73.8. The van der Waals surface area contributed by atoms with Crippen LogP contribution in [0.3, 0.4) is 0 Å². The van der Waals surface area contributed by atoms with Crippen LogP contribution in [0.1, 0.15) is 413 Å². The molecular weight excluding hydrogens is 1310 g/mol. The summed E-state index contributed by atoms with van der Waals surface area (Å²) >= 11 is 0. The molecule has 0 heterocycles. The van der Waals surface area contributed by atoms with Crippen molar-refractivity contribution in [2.45, 2.75) is 431 Å². The van der Waals surface area contributed by atoms with Crippen molar-refractivity contribution in [3.63, 3.8) is 0 Å². The standard InChI is InChI=1S/C81H154O17P2/c1-5-9-13-17-21-25-29-33-35-36-37-38-39-40-42-44-48-52-56-60-64-68-81(86)98-77(72-92-79(84)66-62-58-54-50-47-43-41-34-30-26-22-18-14-10-6-2)74-96-100(89,90)94-70-75(82)69-93-99(87,88)95-73-76(97-80(85)67-63-59-55-51-46-32-28-24-20-16-12-8-4)71-91-78(83)65-61-57-53-49-45-31-27-23-19-15-11-7-3/h26,30,34,41,75-77,82H,5-25,27-29,31-33,35-40,42-74H2,1-4H3,(H,87,88)(H,89,90)/b30-26-,41-34-/t75-,76+,77+/m0/s1. The van der Waals surface area contributed by atoms with E-state index < -0.39 is 97.5 Å². The van der Waals surface area contributed by atoms with Crippen molar-refractivity contribution in [1.82, 2.24) is 0 Å². The fourth-order valence-electron chi connectivity index (χ4n) is 12.1. The van der Waals surface area contributed by atoms with Gasteiger partial charge < -0.3 is 33.8 Å². The fraction of sp³-hybridized carbons (Fsp3) is 0.901. The smallest absolute Gasteiger partial charge is 0.462 e. The van der Waals surface area contributed by atoms with E-state index in [0.717, 1.165) is 109 Å². The summed E-state index contributed by atoms with van der Waals surface area (Å²) < 4.78 is 68.7. The predicted molar refractivity (Wildman–Crippen MR) is 409 cm³/mol. The first-order valence-corrected chi connectivity index (χ1v) is 44.6. The Morgan fingerprint density at radius 3 is 0.730 bits per heavy atom. The molecule has 0 radical (unpaired) electrons. The molecular formula is C81H154O17P2. The minimum absolute atomic E-state index is 0.102. The number of esters is 4. The highest BCUT2D eigenvalue weighted by Crippen LogP contribution is 2.45. The minimum atomic E-state index is -4.97. The van der Waals surface area contributed by atoms with Crippen molar-refractivity contribution in [2.24, 2.45) is 0 Å². The quantitative estimate of drug-likeness (QED) is 0.0169. The molecule has 100 heavy (non-hydrogen) atoms. The van der Waals surface area contributed by atoms with Gasteiger partial charge in [0, 0.05) is 25.7 Å². The van der Waals surface area contributed by atoms with E-state index in [1.165, 1.54) is 225 Å². The van der Waals surface area contributed by atoms with E-state index in [1.807, 2.05) is 0 Å². The molecule has 0 saturated carbocycles. The SMILES string of the molecule is CCCCCC/C=C\C=C/CCCCCCCC(=O)OC[C@H](COP(=O)(O)OC[C@@H](O)COP(=O)(O)OC[C@@H](COC(=O)CCCCCCCCCCCCCC)OC(=O)CCCCCCCCCCCCCC)OC(=O)CCCCCCCCCCCCCCCCCCCCCCC. The summed E-state index contributed by atoms with van der Waals surface area (Å²) in [6, 6.07) is 0. The maximum Gasteiger partial charge on any atom is 0.472 e. The van der Waals surface area contributed by atoms with Gasteiger partial charge in [-0.2, -0.15) is 0 Å². The molecule has 590 valence electrons. The van der Waals surface area contributed by atoms with E-state index in [0.29, 0.717) is 25.7 Å². The molecule has 3 N–H and O–H groups in total. The molecule has 0 spiro atoms. The van der Waals surface area contributed by atoms with Crippen molar-refractivity contribution in [3.05, 3.63) is 24.3 Å². The van der Waals surface area contributed by atoms with E-state index in [2.05, 4.69) is 52.0 Å². The second kappa shape index (κ2) is 74.8. The van der Waals surface area contributed by atoms with Gasteiger partial charge in [0.15, 0.2) is 12.2 Å². The molecule has 0 aromatic carbocycles. The Kier molecular flexibility index (Phi) is 73.0. The first-order chi connectivity index (χ1) is 48.7. The number of aliphatic hydroxyl groups excluding tert-OH is 1. The van der Waals surface area contributed by atoms with Crippen molar-refractivity contribution in [3.8, 4) is 0 Å². The van der Waals surface area contributed by atoms with Gasteiger partial charge in [-0.25, -0.2) is 9.13 Å². The number of carbonyl (C=O) groups excluding carboxylic acids is 4. The monoisotopic (exact) mass is 1460 g/mol. The first-order valence-electron chi connectivity index (χ1n) is 41.6. The summed E-state index contributed by atoms with van der Waals surface area (Å²) in [5, 5.41) is 10.6. The average Bonchev–Trinajstić information content (AvgIpc) is 0.951. The van der Waals surface area contributed by atoms with Crippen molar-refractivity contribution >= 4 is 39.5 Å². The normalized spacial score (nSPS) is 13.9.